The first-order valence-corrected chi connectivity index (χ1v) is 4.22. The van der Waals surface area contributed by atoms with Crippen LogP contribution in [0, 0.1) is 0 Å². The summed E-state index contributed by atoms with van der Waals surface area (Å²) < 4.78 is 28.3. The second kappa shape index (κ2) is 4.80. The van der Waals surface area contributed by atoms with Crippen LogP contribution in [-0.2, 0) is 6.42 Å². The van der Waals surface area contributed by atoms with Gasteiger partial charge in [0.2, 0.25) is 0 Å². The lowest BCUT2D eigenvalue weighted by atomic mass is 10.2. The predicted molar refractivity (Wildman–Crippen MR) is 47.3 cm³/mol. The Labute approximate surface area is 76.3 Å². The highest BCUT2D eigenvalue weighted by Crippen LogP contribution is 2.13. The van der Waals surface area contributed by atoms with Gasteiger partial charge in [-0.3, -0.25) is 0 Å². The van der Waals surface area contributed by atoms with Gasteiger partial charge in [0.05, 0.1) is 0 Å². The van der Waals surface area contributed by atoms with Crippen molar-refractivity contribution >= 4 is 0 Å². The van der Waals surface area contributed by atoms with Crippen LogP contribution in [-0.4, -0.2) is 13.0 Å². The lowest BCUT2D eigenvalue weighted by Crippen LogP contribution is -2.06. The molecule has 0 atom stereocenters. The summed E-state index contributed by atoms with van der Waals surface area (Å²) in [5, 5.41) is 0. The van der Waals surface area contributed by atoms with Crippen LogP contribution in [0.3, 0.4) is 0 Å². The fraction of sp³-hybridized carbons (Fsp3) is 0.400. The smallest absolute Gasteiger partial charge is 0.272 e. The van der Waals surface area contributed by atoms with E-state index >= 15 is 0 Å². The van der Waals surface area contributed by atoms with Crippen molar-refractivity contribution in [1.82, 2.24) is 0 Å². The minimum atomic E-state index is -2.41. The van der Waals surface area contributed by atoms with E-state index in [-0.39, 0.29) is 0 Å². The van der Waals surface area contributed by atoms with Gasteiger partial charge in [-0.05, 0) is 24.1 Å². The second-order valence-corrected chi connectivity index (χ2v) is 2.70. The summed E-state index contributed by atoms with van der Waals surface area (Å²) in [5.41, 5.74) is 1.17. The molecule has 0 aliphatic heterocycles. The molecular weight excluding hydrogens is 174 g/mol. The average Bonchev–Trinajstić information content (AvgIpc) is 2.15. The number of ether oxygens (including phenoxy) is 1. The Morgan fingerprint density at radius 2 is 1.85 bits per heavy atom. The molecular formula is C10H12F2O. The van der Waals surface area contributed by atoms with Crippen molar-refractivity contribution in [3.63, 3.8) is 0 Å². The van der Waals surface area contributed by atoms with Crippen molar-refractivity contribution in [2.24, 2.45) is 0 Å². The highest BCUT2D eigenvalue weighted by molar-refractivity contribution is 5.27. The topological polar surface area (TPSA) is 9.23 Å². The standard InChI is InChI=1S/C10H12F2O/c1-2-8-3-5-9(6-4-8)13-7-10(11)12/h3-6,10H,2,7H2,1H3. The third-order valence-corrected chi connectivity index (χ3v) is 1.71. The third-order valence-electron chi connectivity index (χ3n) is 1.71. The maximum Gasteiger partial charge on any atom is 0.272 e. The molecule has 13 heavy (non-hydrogen) atoms. The molecule has 0 amide bonds. The van der Waals surface area contributed by atoms with E-state index in [0.717, 1.165) is 6.42 Å². The minimum Gasteiger partial charge on any atom is -0.488 e. The van der Waals surface area contributed by atoms with Gasteiger partial charge >= 0.3 is 0 Å². The van der Waals surface area contributed by atoms with E-state index < -0.39 is 13.0 Å². The molecule has 0 spiro atoms. The fourth-order valence-electron chi connectivity index (χ4n) is 0.981. The van der Waals surface area contributed by atoms with E-state index in [1.54, 1.807) is 12.1 Å². The van der Waals surface area contributed by atoms with Gasteiger partial charge in [0.25, 0.3) is 6.43 Å². The molecule has 72 valence electrons. The largest absolute Gasteiger partial charge is 0.488 e. The molecule has 0 unspecified atom stereocenters. The fourth-order valence-corrected chi connectivity index (χ4v) is 0.981. The van der Waals surface area contributed by atoms with Crippen LogP contribution in [0.25, 0.3) is 0 Å². The highest BCUT2D eigenvalue weighted by atomic mass is 19.3. The van der Waals surface area contributed by atoms with Gasteiger partial charge in [0.1, 0.15) is 12.4 Å². The molecule has 0 saturated heterocycles. The van der Waals surface area contributed by atoms with E-state index in [1.807, 2.05) is 19.1 Å². The van der Waals surface area contributed by atoms with Crippen LogP contribution in [0.1, 0.15) is 12.5 Å². The van der Waals surface area contributed by atoms with Crippen LogP contribution >= 0.6 is 0 Å². The minimum absolute atomic E-state index is 0.498. The monoisotopic (exact) mass is 186 g/mol. The van der Waals surface area contributed by atoms with Gasteiger partial charge in [-0.15, -0.1) is 0 Å². The van der Waals surface area contributed by atoms with Crippen LogP contribution in [0.15, 0.2) is 24.3 Å². The number of aryl methyl sites for hydroxylation is 1. The van der Waals surface area contributed by atoms with Crippen LogP contribution < -0.4 is 4.74 Å². The average molecular weight is 186 g/mol. The molecule has 0 saturated carbocycles. The number of hydrogen-bond donors (Lipinski definition) is 0. The molecule has 3 heteroatoms. The van der Waals surface area contributed by atoms with Crippen molar-refractivity contribution in [3.05, 3.63) is 29.8 Å². The van der Waals surface area contributed by atoms with Gasteiger partial charge in [0, 0.05) is 0 Å². The van der Waals surface area contributed by atoms with E-state index in [1.165, 1.54) is 5.56 Å². The molecule has 0 aliphatic carbocycles. The molecule has 0 aliphatic rings. The number of halogens is 2. The highest BCUT2D eigenvalue weighted by Gasteiger charge is 2.02. The first-order valence-electron chi connectivity index (χ1n) is 4.22. The molecule has 1 aromatic rings. The maximum absolute atomic E-state index is 11.7. The summed E-state index contributed by atoms with van der Waals surface area (Å²) in [6, 6.07) is 7.17. The van der Waals surface area contributed by atoms with Crippen molar-refractivity contribution in [1.29, 1.82) is 0 Å². The molecule has 0 heterocycles. The molecule has 1 rings (SSSR count). The third kappa shape index (κ3) is 3.40. The van der Waals surface area contributed by atoms with Crippen molar-refractivity contribution < 1.29 is 13.5 Å². The van der Waals surface area contributed by atoms with Gasteiger partial charge in [-0.1, -0.05) is 19.1 Å². The van der Waals surface area contributed by atoms with Crippen LogP contribution in [0.5, 0.6) is 5.75 Å². The summed E-state index contributed by atoms with van der Waals surface area (Å²) >= 11 is 0. The first-order chi connectivity index (χ1) is 6.22. The molecule has 1 nitrogen and oxygen atoms in total. The van der Waals surface area contributed by atoms with Crippen molar-refractivity contribution in [2.45, 2.75) is 19.8 Å². The van der Waals surface area contributed by atoms with E-state index in [2.05, 4.69) is 0 Å². The molecule has 0 N–H and O–H groups in total. The summed E-state index contributed by atoms with van der Waals surface area (Å²) in [5.74, 6) is 0.498. The lowest BCUT2D eigenvalue weighted by Gasteiger charge is -2.05. The van der Waals surface area contributed by atoms with E-state index in [4.69, 9.17) is 4.74 Å². The normalized spacial score (nSPS) is 10.5. The molecule has 1 aromatic carbocycles. The SMILES string of the molecule is CCc1ccc(OCC(F)F)cc1. The Morgan fingerprint density at radius 1 is 1.23 bits per heavy atom. The lowest BCUT2D eigenvalue weighted by molar-refractivity contribution is 0.0819. The Morgan fingerprint density at radius 3 is 2.31 bits per heavy atom. The molecule has 0 fully saturated rings. The predicted octanol–water partition coefficient (Wildman–Crippen LogP) is 2.89. The zero-order valence-electron chi connectivity index (χ0n) is 7.47. The van der Waals surface area contributed by atoms with Crippen molar-refractivity contribution in [3.8, 4) is 5.75 Å². The van der Waals surface area contributed by atoms with E-state index in [9.17, 15) is 8.78 Å². The van der Waals surface area contributed by atoms with Crippen LogP contribution in [0.2, 0.25) is 0 Å². The molecule has 0 bridgehead atoms. The zero-order chi connectivity index (χ0) is 9.68. The summed E-state index contributed by atoms with van der Waals surface area (Å²) in [7, 11) is 0. The number of hydrogen-bond acceptors (Lipinski definition) is 1. The Balaban J connectivity index is 2.49. The molecule has 0 radical (unpaired) electrons. The van der Waals surface area contributed by atoms with Gasteiger partial charge < -0.3 is 4.74 Å². The summed E-state index contributed by atoms with van der Waals surface area (Å²) in [4.78, 5) is 0. The number of benzene rings is 1. The Bertz CT molecular complexity index is 244. The second-order valence-electron chi connectivity index (χ2n) is 2.70. The van der Waals surface area contributed by atoms with Crippen LogP contribution in [0.4, 0.5) is 8.78 Å². The maximum atomic E-state index is 11.7. The summed E-state index contributed by atoms with van der Waals surface area (Å²) in [6.45, 7) is 1.50. The van der Waals surface area contributed by atoms with Crippen molar-refractivity contribution in [2.75, 3.05) is 6.61 Å². The van der Waals surface area contributed by atoms with Gasteiger partial charge in [-0.2, -0.15) is 0 Å². The molecule has 0 aromatic heterocycles. The first kappa shape index (κ1) is 9.96. The zero-order valence-corrected chi connectivity index (χ0v) is 7.47. The number of rotatable bonds is 4. The van der Waals surface area contributed by atoms with Gasteiger partial charge in [0.15, 0.2) is 0 Å². The summed E-state index contributed by atoms with van der Waals surface area (Å²) in [6.07, 6.45) is -1.47. The quantitative estimate of drug-likeness (QED) is 0.702. The number of alkyl halides is 2. The van der Waals surface area contributed by atoms with Gasteiger partial charge in [-0.25, -0.2) is 8.78 Å². The Hall–Kier alpha value is -1.12. The Kier molecular flexibility index (Phi) is 3.68. The van der Waals surface area contributed by atoms with E-state index in [0.29, 0.717) is 5.75 Å².